The van der Waals surface area contributed by atoms with E-state index in [2.05, 4.69) is 37.2 Å². The van der Waals surface area contributed by atoms with Crippen LogP contribution in [0.3, 0.4) is 0 Å². The molecule has 0 unspecified atom stereocenters. The highest BCUT2D eigenvalue weighted by Crippen LogP contribution is 2.16. The Hall–Kier alpha value is -3.46. The molecule has 9 heteroatoms. The first-order valence-electron chi connectivity index (χ1n) is 9.26. The molecular formula is C20H20N8S. The SMILES string of the molecule is CCNC(=S)NN=C(C)c1ccc2nnn(Cc3ccc4ncccc4c3)c2n1. The molecule has 1 aromatic carbocycles. The van der Waals surface area contributed by atoms with E-state index >= 15 is 0 Å². The van der Waals surface area contributed by atoms with Crippen molar-refractivity contribution in [3.63, 3.8) is 0 Å². The summed E-state index contributed by atoms with van der Waals surface area (Å²) >= 11 is 5.13. The number of pyridine rings is 2. The summed E-state index contributed by atoms with van der Waals surface area (Å²) < 4.78 is 1.79. The predicted molar refractivity (Wildman–Crippen MR) is 118 cm³/mol. The maximum absolute atomic E-state index is 5.13. The van der Waals surface area contributed by atoms with E-state index in [0.717, 1.165) is 39.9 Å². The van der Waals surface area contributed by atoms with Crippen molar-refractivity contribution in [3.05, 3.63) is 59.9 Å². The molecule has 29 heavy (non-hydrogen) atoms. The molecule has 0 fully saturated rings. The van der Waals surface area contributed by atoms with Crippen molar-refractivity contribution in [1.82, 2.24) is 35.7 Å². The summed E-state index contributed by atoms with van der Waals surface area (Å²) in [7, 11) is 0. The predicted octanol–water partition coefficient (Wildman–Crippen LogP) is 2.63. The zero-order valence-corrected chi connectivity index (χ0v) is 16.9. The lowest BCUT2D eigenvalue weighted by molar-refractivity contribution is 0.664. The van der Waals surface area contributed by atoms with E-state index in [0.29, 0.717) is 17.3 Å². The van der Waals surface area contributed by atoms with Gasteiger partial charge in [0.25, 0.3) is 0 Å². The van der Waals surface area contributed by atoms with E-state index in [1.54, 1.807) is 10.9 Å². The molecule has 2 N–H and O–H groups in total. The Morgan fingerprint density at radius 3 is 2.90 bits per heavy atom. The molecule has 4 aromatic rings. The zero-order chi connectivity index (χ0) is 20.2. The van der Waals surface area contributed by atoms with Crippen molar-refractivity contribution in [2.75, 3.05) is 6.54 Å². The molecule has 0 spiro atoms. The molecule has 8 nitrogen and oxygen atoms in total. The van der Waals surface area contributed by atoms with Gasteiger partial charge in [0.1, 0.15) is 5.52 Å². The fourth-order valence-corrected chi connectivity index (χ4v) is 3.14. The van der Waals surface area contributed by atoms with E-state index in [1.807, 2.05) is 50.2 Å². The summed E-state index contributed by atoms with van der Waals surface area (Å²) in [6.07, 6.45) is 1.79. The van der Waals surface area contributed by atoms with Gasteiger partial charge < -0.3 is 5.32 Å². The van der Waals surface area contributed by atoms with Gasteiger partial charge in [0.15, 0.2) is 10.8 Å². The number of fused-ring (bicyclic) bond motifs is 2. The van der Waals surface area contributed by atoms with Crippen LogP contribution in [0.5, 0.6) is 0 Å². The van der Waals surface area contributed by atoms with Crippen molar-refractivity contribution in [1.29, 1.82) is 0 Å². The van der Waals surface area contributed by atoms with Gasteiger partial charge in [0.05, 0.1) is 23.5 Å². The van der Waals surface area contributed by atoms with Crippen molar-refractivity contribution < 1.29 is 0 Å². The van der Waals surface area contributed by atoms with Gasteiger partial charge in [-0.05, 0) is 62.0 Å². The second-order valence-corrected chi connectivity index (χ2v) is 6.89. The first-order valence-corrected chi connectivity index (χ1v) is 9.67. The van der Waals surface area contributed by atoms with Crippen molar-refractivity contribution in [2.45, 2.75) is 20.4 Å². The maximum atomic E-state index is 5.13. The summed E-state index contributed by atoms with van der Waals surface area (Å²) in [4.78, 5) is 9.07. The molecule has 3 heterocycles. The number of aromatic nitrogens is 5. The summed E-state index contributed by atoms with van der Waals surface area (Å²) in [6.45, 7) is 5.15. The summed E-state index contributed by atoms with van der Waals surface area (Å²) in [5.41, 5.74) is 7.78. The largest absolute Gasteiger partial charge is 0.362 e. The van der Waals surface area contributed by atoms with E-state index in [4.69, 9.17) is 17.2 Å². The van der Waals surface area contributed by atoms with Gasteiger partial charge in [-0.2, -0.15) is 5.10 Å². The van der Waals surface area contributed by atoms with Crippen LogP contribution in [-0.2, 0) is 6.54 Å². The van der Waals surface area contributed by atoms with Crippen LogP contribution in [0.4, 0.5) is 0 Å². The van der Waals surface area contributed by atoms with Crippen molar-refractivity contribution in [2.24, 2.45) is 5.10 Å². The molecule has 0 radical (unpaired) electrons. The Bertz CT molecular complexity index is 1210. The first kappa shape index (κ1) is 18.9. The average Bonchev–Trinajstić information content (AvgIpc) is 3.14. The van der Waals surface area contributed by atoms with Crippen molar-refractivity contribution in [3.8, 4) is 0 Å². The first-order chi connectivity index (χ1) is 14.1. The van der Waals surface area contributed by atoms with E-state index in [-0.39, 0.29) is 0 Å². The molecule has 0 saturated heterocycles. The number of hydrogen-bond donors (Lipinski definition) is 2. The van der Waals surface area contributed by atoms with Crippen LogP contribution >= 0.6 is 12.2 Å². The minimum atomic E-state index is 0.477. The van der Waals surface area contributed by atoms with E-state index < -0.39 is 0 Å². The third kappa shape index (κ3) is 4.19. The van der Waals surface area contributed by atoms with Crippen LogP contribution in [0.25, 0.3) is 22.1 Å². The Balaban J connectivity index is 1.61. The monoisotopic (exact) mass is 404 g/mol. The highest BCUT2D eigenvalue weighted by atomic mass is 32.1. The minimum Gasteiger partial charge on any atom is -0.362 e. The van der Waals surface area contributed by atoms with Crippen LogP contribution in [0.1, 0.15) is 25.1 Å². The van der Waals surface area contributed by atoms with Gasteiger partial charge in [-0.3, -0.25) is 10.4 Å². The number of nitrogens with zero attached hydrogens (tertiary/aromatic N) is 6. The lowest BCUT2D eigenvalue weighted by Crippen LogP contribution is -2.32. The molecule has 3 aromatic heterocycles. The fourth-order valence-electron chi connectivity index (χ4n) is 2.95. The van der Waals surface area contributed by atoms with Crippen molar-refractivity contribution >= 4 is 45.1 Å². The number of rotatable bonds is 5. The van der Waals surface area contributed by atoms with Gasteiger partial charge >= 0.3 is 0 Å². The van der Waals surface area contributed by atoms with Gasteiger partial charge in [-0.15, -0.1) is 5.10 Å². The van der Waals surface area contributed by atoms with E-state index in [9.17, 15) is 0 Å². The summed E-state index contributed by atoms with van der Waals surface area (Å²) in [6, 6.07) is 13.9. The second kappa shape index (κ2) is 8.27. The number of hydrazone groups is 1. The van der Waals surface area contributed by atoms with Crippen LogP contribution in [0.15, 0.2) is 53.8 Å². The van der Waals surface area contributed by atoms with E-state index in [1.165, 1.54) is 0 Å². The second-order valence-electron chi connectivity index (χ2n) is 6.49. The molecule has 0 amide bonds. The Morgan fingerprint density at radius 2 is 2.03 bits per heavy atom. The van der Waals surface area contributed by atoms with Crippen LogP contribution < -0.4 is 10.7 Å². The number of nitrogens with one attached hydrogen (secondary N) is 2. The zero-order valence-electron chi connectivity index (χ0n) is 16.1. The molecular weight excluding hydrogens is 384 g/mol. The molecule has 0 atom stereocenters. The Kier molecular flexibility index (Phi) is 5.39. The average molecular weight is 405 g/mol. The van der Waals surface area contributed by atoms with Crippen LogP contribution in [-0.4, -0.2) is 42.3 Å². The normalized spacial score (nSPS) is 11.7. The van der Waals surface area contributed by atoms with Crippen LogP contribution in [0, 0.1) is 0 Å². The molecule has 0 aliphatic heterocycles. The molecule has 4 rings (SSSR count). The number of thiocarbonyl (C=S) groups is 1. The topological polar surface area (TPSA) is 92.9 Å². The van der Waals surface area contributed by atoms with Gasteiger partial charge in [-0.25, -0.2) is 9.67 Å². The molecule has 0 saturated carbocycles. The quantitative estimate of drug-likeness (QED) is 0.300. The van der Waals surface area contributed by atoms with Crippen LogP contribution in [0.2, 0.25) is 0 Å². The molecule has 146 valence electrons. The van der Waals surface area contributed by atoms with Gasteiger partial charge in [0, 0.05) is 18.1 Å². The highest BCUT2D eigenvalue weighted by Gasteiger charge is 2.10. The highest BCUT2D eigenvalue weighted by molar-refractivity contribution is 7.80. The molecule has 0 bridgehead atoms. The third-order valence-electron chi connectivity index (χ3n) is 4.39. The standard InChI is InChI=1S/C20H20N8S/c1-3-21-20(29)26-24-13(2)16-8-9-18-19(23-16)28(27-25-18)12-14-6-7-17-15(11-14)5-4-10-22-17/h4-11H,3,12H2,1-2H3,(H2,21,26,29). The third-order valence-corrected chi connectivity index (χ3v) is 4.63. The minimum absolute atomic E-state index is 0.477. The van der Waals surface area contributed by atoms with Gasteiger partial charge in [-0.1, -0.05) is 17.3 Å². The number of hydrogen-bond acceptors (Lipinski definition) is 6. The maximum Gasteiger partial charge on any atom is 0.186 e. The lowest BCUT2D eigenvalue weighted by atomic mass is 10.1. The number of benzene rings is 1. The summed E-state index contributed by atoms with van der Waals surface area (Å²) in [5, 5.41) is 17.4. The molecule has 0 aliphatic rings. The lowest BCUT2D eigenvalue weighted by Gasteiger charge is -2.06. The fraction of sp³-hybridized carbons (Fsp3) is 0.200. The smallest absolute Gasteiger partial charge is 0.186 e. The summed E-state index contributed by atoms with van der Waals surface area (Å²) in [5.74, 6) is 0. The molecule has 0 aliphatic carbocycles. The Morgan fingerprint density at radius 1 is 1.17 bits per heavy atom. The Labute approximate surface area is 173 Å². The van der Waals surface area contributed by atoms with Gasteiger partial charge in [0.2, 0.25) is 0 Å².